The van der Waals surface area contributed by atoms with Crippen molar-refractivity contribution in [3.8, 4) is 22.9 Å². The van der Waals surface area contributed by atoms with Gasteiger partial charge in [-0.25, -0.2) is 9.37 Å². The topological polar surface area (TPSA) is 82.6 Å². The first-order valence-corrected chi connectivity index (χ1v) is 8.78. The fourth-order valence-corrected chi connectivity index (χ4v) is 3.65. The van der Waals surface area contributed by atoms with Crippen molar-refractivity contribution in [1.29, 1.82) is 0 Å². The van der Waals surface area contributed by atoms with Crippen molar-refractivity contribution in [3.63, 3.8) is 0 Å². The number of rotatable bonds is 4. The maximum atomic E-state index is 14.4. The third-order valence-electron chi connectivity index (χ3n) is 3.43. The van der Waals surface area contributed by atoms with Crippen LogP contribution in [0.4, 0.5) is 10.2 Å². The summed E-state index contributed by atoms with van der Waals surface area (Å²) in [5.41, 5.74) is 1.27. The minimum Gasteiger partial charge on any atom is -0.429 e. The van der Waals surface area contributed by atoms with Gasteiger partial charge in [0, 0.05) is 16.3 Å². The zero-order chi connectivity index (χ0) is 17.6. The van der Waals surface area contributed by atoms with Gasteiger partial charge in [0.1, 0.15) is 6.20 Å². The van der Waals surface area contributed by atoms with Crippen molar-refractivity contribution < 1.29 is 14.1 Å². The van der Waals surface area contributed by atoms with Gasteiger partial charge in [-0.3, -0.25) is 0 Å². The normalized spacial score (nSPS) is 11.1. The molecule has 4 aromatic rings. The van der Waals surface area contributed by atoms with Gasteiger partial charge in [-0.05, 0) is 30.0 Å². The smallest absolute Gasteiger partial charge is 0.393 e. The van der Waals surface area contributed by atoms with E-state index in [0.29, 0.717) is 16.2 Å². The molecule has 0 radical (unpaired) electrons. The molecule has 3 heterocycles. The van der Waals surface area contributed by atoms with E-state index < -0.39 is 10.7 Å². The van der Waals surface area contributed by atoms with Gasteiger partial charge in [-0.1, -0.05) is 11.3 Å². The third kappa shape index (κ3) is 2.75. The van der Waals surface area contributed by atoms with Crippen LogP contribution in [0, 0.1) is 22.9 Å². The van der Waals surface area contributed by atoms with Crippen LogP contribution in [0.25, 0.3) is 16.2 Å². The van der Waals surface area contributed by atoms with Crippen LogP contribution in [-0.4, -0.2) is 19.3 Å². The molecule has 0 atom stereocenters. The van der Waals surface area contributed by atoms with E-state index in [-0.39, 0.29) is 17.4 Å². The number of hydrogen-bond donors (Lipinski definition) is 0. The molecule has 4 rings (SSSR count). The van der Waals surface area contributed by atoms with Crippen molar-refractivity contribution in [2.75, 3.05) is 0 Å². The van der Waals surface area contributed by atoms with E-state index in [4.69, 9.17) is 4.74 Å². The standard InChI is InChI=1S/C15H9FN4O3S2/c1-8-17-11(7-25-8)9-2-3-12(10(16)6-9)23-13-14(20(21)22)19-4-5-24-15(19)18-13/h2-7H,1H3. The van der Waals surface area contributed by atoms with Crippen LogP contribution in [0.3, 0.4) is 0 Å². The highest BCUT2D eigenvalue weighted by Crippen LogP contribution is 2.35. The fourth-order valence-electron chi connectivity index (χ4n) is 2.33. The highest BCUT2D eigenvalue weighted by molar-refractivity contribution is 7.15. The Morgan fingerprint density at radius 2 is 2.16 bits per heavy atom. The average Bonchev–Trinajstić information content (AvgIpc) is 3.24. The SMILES string of the molecule is Cc1nc(-c2ccc(Oc3nc4sccn4c3[N+](=O)[O-])c(F)c2)cs1. The molecule has 10 heteroatoms. The Morgan fingerprint density at radius 1 is 1.32 bits per heavy atom. The summed E-state index contributed by atoms with van der Waals surface area (Å²) >= 11 is 2.69. The number of aromatic nitrogens is 3. The number of imidazole rings is 1. The second kappa shape index (κ2) is 5.90. The van der Waals surface area contributed by atoms with E-state index >= 15 is 0 Å². The van der Waals surface area contributed by atoms with Crippen molar-refractivity contribution in [3.05, 3.63) is 56.1 Å². The summed E-state index contributed by atoms with van der Waals surface area (Å²) in [5, 5.41) is 15.7. The van der Waals surface area contributed by atoms with E-state index in [1.807, 2.05) is 12.3 Å². The molecular formula is C15H9FN4O3S2. The Labute approximate surface area is 148 Å². The first kappa shape index (κ1) is 15.7. The van der Waals surface area contributed by atoms with Crippen LogP contribution >= 0.6 is 22.7 Å². The predicted molar refractivity (Wildman–Crippen MR) is 92.0 cm³/mol. The van der Waals surface area contributed by atoms with Gasteiger partial charge in [0.05, 0.1) is 10.7 Å². The first-order chi connectivity index (χ1) is 12.0. The van der Waals surface area contributed by atoms with Gasteiger partial charge in [-0.2, -0.15) is 9.38 Å². The minimum atomic E-state index is -0.645. The Hall–Kier alpha value is -2.85. The number of ether oxygens (including phenoxy) is 1. The minimum absolute atomic E-state index is 0.135. The number of aryl methyl sites for hydroxylation is 1. The molecule has 0 aliphatic rings. The summed E-state index contributed by atoms with van der Waals surface area (Å²) in [4.78, 5) is 19.4. The maximum Gasteiger partial charge on any atom is 0.393 e. The molecule has 0 bridgehead atoms. The van der Waals surface area contributed by atoms with E-state index in [0.717, 1.165) is 5.01 Å². The van der Waals surface area contributed by atoms with Crippen LogP contribution in [0.5, 0.6) is 11.6 Å². The van der Waals surface area contributed by atoms with Gasteiger partial charge in [-0.15, -0.1) is 11.3 Å². The molecule has 0 saturated heterocycles. The Kier molecular flexibility index (Phi) is 3.70. The number of hydrogen-bond acceptors (Lipinski definition) is 7. The molecule has 0 saturated carbocycles. The molecule has 0 N–H and O–H groups in total. The van der Waals surface area contributed by atoms with Gasteiger partial charge in [0.25, 0.3) is 4.96 Å². The van der Waals surface area contributed by atoms with Crippen LogP contribution in [0.15, 0.2) is 35.2 Å². The number of thiazole rings is 2. The summed E-state index contributed by atoms with van der Waals surface area (Å²) < 4.78 is 21.1. The number of halogens is 1. The van der Waals surface area contributed by atoms with Crippen molar-refractivity contribution >= 4 is 33.5 Å². The summed E-state index contributed by atoms with van der Waals surface area (Å²) in [6.45, 7) is 1.87. The Bertz CT molecular complexity index is 1100. The monoisotopic (exact) mass is 376 g/mol. The first-order valence-electron chi connectivity index (χ1n) is 7.03. The van der Waals surface area contributed by atoms with E-state index in [1.165, 1.54) is 45.4 Å². The lowest BCUT2D eigenvalue weighted by molar-refractivity contribution is -0.391. The van der Waals surface area contributed by atoms with Gasteiger partial charge in [0.15, 0.2) is 11.6 Å². The van der Waals surface area contributed by atoms with Crippen LogP contribution in [0.2, 0.25) is 0 Å². The van der Waals surface area contributed by atoms with Crippen LogP contribution in [0.1, 0.15) is 5.01 Å². The zero-order valence-electron chi connectivity index (χ0n) is 12.7. The lowest BCUT2D eigenvalue weighted by atomic mass is 10.1. The molecule has 1 aromatic carbocycles. The molecule has 0 amide bonds. The zero-order valence-corrected chi connectivity index (χ0v) is 14.3. The molecule has 0 aliphatic carbocycles. The van der Waals surface area contributed by atoms with E-state index in [1.54, 1.807) is 11.4 Å². The lowest BCUT2D eigenvalue weighted by Gasteiger charge is -2.05. The van der Waals surface area contributed by atoms with E-state index in [9.17, 15) is 14.5 Å². The molecule has 0 fully saturated rings. The average molecular weight is 376 g/mol. The third-order valence-corrected chi connectivity index (χ3v) is 4.96. The number of fused-ring (bicyclic) bond motifs is 1. The highest BCUT2D eigenvalue weighted by atomic mass is 32.1. The van der Waals surface area contributed by atoms with Crippen molar-refractivity contribution in [2.45, 2.75) is 6.92 Å². The molecule has 0 unspecified atom stereocenters. The van der Waals surface area contributed by atoms with Crippen LogP contribution in [-0.2, 0) is 0 Å². The highest BCUT2D eigenvalue weighted by Gasteiger charge is 2.26. The lowest BCUT2D eigenvalue weighted by Crippen LogP contribution is -1.96. The molecule has 7 nitrogen and oxygen atoms in total. The van der Waals surface area contributed by atoms with E-state index in [2.05, 4.69) is 9.97 Å². The van der Waals surface area contributed by atoms with Crippen molar-refractivity contribution in [1.82, 2.24) is 14.4 Å². The second-order valence-corrected chi connectivity index (χ2v) is 6.99. The van der Waals surface area contributed by atoms with Gasteiger partial charge in [0.2, 0.25) is 0 Å². The Balaban J connectivity index is 1.70. The molecule has 25 heavy (non-hydrogen) atoms. The van der Waals surface area contributed by atoms with Crippen molar-refractivity contribution in [2.24, 2.45) is 0 Å². The fraction of sp³-hybridized carbons (Fsp3) is 0.0667. The maximum absolute atomic E-state index is 14.4. The predicted octanol–water partition coefficient (Wildman–Crippen LogP) is 4.67. The van der Waals surface area contributed by atoms with Gasteiger partial charge < -0.3 is 14.9 Å². The summed E-state index contributed by atoms with van der Waals surface area (Å²) in [6.07, 6.45) is 1.52. The molecular weight excluding hydrogens is 367 g/mol. The van der Waals surface area contributed by atoms with Crippen LogP contribution < -0.4 is 4.74 Å². The molecule has 126 valence electrons. The molecule has 3 aromatic heterocycles. The number of benzene rings is 1. The molecule has 0 spiro atoms. The quantitative estimate of drug-likeness (QED) is 0.382. The number of nitro groups is 1. The Morgan fingerprint density at radius 3 is 2.84 bits per heavy atom. The largest absolute Gasteiger partial charge is 0.429 e. The summed E-state index contributed by atoms with van der Waals surface area (Å²) in [5.74, 6) is -1.36. The number of nitrogens with zero attached hydrogens (tertiary/aromatic N) is 4. The summed E-state index contributed by atoms with van der Waals surface area (Å²) in [6, 6.07) is 4.35. The summed E-state index contributed by atoms with van der Waals surface area (Å²) in [7, 11) is 0. The molecule has 0 aliphatic heterocycles. The second-order valence-electron chi connectivity index (χ2n) is 5.05. The van der Waals surface area contributed by atoms with Gasteiger partial charge >= 0.3 is 11.7 Å².